The second-order valence-electron chi connectivity index (χ2n) is 6.59. The summed E-state index contributed by atoms with van der Waals surface area (Å²) in [4.78, 5) is 26.8. The number of hydrogen-bond acceptors (Lipinski definition) is 5. The van der Waals surface area contributed by atoms with Gasteiger partial charge in [0.1, 0.15) is 6.10 Å². The van der Waals surface area contributed by atoms with E-state index in [4.69, 9.17) is 4.74 Å². The second kappa shape index (κ2) is 7.99. The van der Waals surface area contributed by atoms with Crippen molar-refractivity contribution < 1.29 is 9.53 Å². The summed E-state index contributed by atoms with van der Waals surface area (Å²) in [5, 5.41) is 0. The number of imidazole rings is 1. The molecule has 138 valence electrons. The first-order valence-corrected chi connectivity index (χ1v) is 9.04. The fourth-order valence-corrected chi connectivity index (χ4v) is 3.22. The molecule has 1 aliphatic heterocycles. The van der Waals surface area contributed by atoms with Crippen LogP contribution in [0.5, 0.6) is 5.88 Å². The highest BCUT2D eigenvalue weighted by Crippen LogP contribution is 2.18. The molecule has 1 aromatic carbocycles. The van der Waals surface area contributed by atoms with E-state index in [0.29, 0.717) is 19.0 Å². The third-order valence-corrected chi connectivity index (χ3v) is 4.68. The number of nitrogens with zero attached hydrogens (tertiary/aromatic N) is 5. The number of aromatic nitrogens is 4. The number of likely N-dealkylation sites (tertiary alicyclic amines) is 1. The summed E-state index contributed by atoms with van der Waals surface area (Å²) >= 11 is 0. The lowest BCUT2D eigenvalue weighted by atomic mass is 10.1. The largest absolute Gasteiger partial charge is 0.473 e. The van der Waals surface area contributed by atoms with E-state index in [1.54, 1.807) is 31.1 Å². The fourth-order valence-electron chi connectivity index (χ4n) is 3.22. The van der Waals surface area contributed by atoms with E-state index in [-0.39, 0.29) is 12.0 Å². The second-order valence-corrected chi connectivity index (χ2v) is 6.59. The molecule has 7 nitrogen and oxygen atoms in total. The number of carbonyl (C=O) groups excluding carboxylic acids is 1. The number of benzene rings is 1. The van der Waals surface area contributed by atoms with Crippen LogP contribution in [0.2, 0.25) is 0 Å². The molecule has 1 saturated heterocycles. The summed E-state index contributed by atoms with van der Waals surface area (Å²) < 4.78 is 7.83. The molecule has 4 rings (SSSR count). The Balaban J connectivity index is 1.31. The third kappa shape index (κ3) is 4.31. The third-order valence-electron chi connectivity index (χ3n) is 4.68. The Hall–Kier alpha value is -3.22. The van der Waals surface area contributed by atoms with Crippen LogP contribution in [0.3, 0.4) is 0 Å². The van der Waals surface area contributed by atoms with Gasteiger partial charge < -0.3 is 14.2 Å². The SMILES string of the molecule is O=C(c1ccc(Cn2ccnc2)cc1)N1CCC(Oc2cnccn2)CC1. The molecule has 3 aromatic rings. The van der Waals surface area contributed by atoms with Gasteiger partial charge in [0.05, 0.1) is 12.5 Å². The number of rotatable bonds is 5. The minimum atomic E-state index is 0.0714. The molecule has 0 N–H and O–H groups in total. The molecule has 0 bridgehead atoms. The lowest BCUT2D eigenvalue weighted by Gasteiger charge is -2.32. The fraction of sp³-hybridized carbons (Fsp3) is 0.300. The van der Waals surface area contributed by atoms with Crippen molar-refractivity contribution in [3.8, 4) is 5.88 Å². The minimum absolute atomic E-state index is 0.0714. The lowest BCUT2D eigenvalue weighted by molar-refractivity contribution is 0.0587. The number of carbonyl (C=O) groups is 1. The molecule has 1 amide bonds. The molecule has 2 aromatic heterocycles. The Labute approximate surface area is 157 Å². The number of piperidine rings is 1. The van der Waals surface area contributed by atoms with Crippen molar-refractivity contribution in [2.75, 3.05) is 13.1 Å². The molecule has 0 saturated carbocycles. The molecule has 1 aliphatic rings. The Morgan fingerprint density at radius 2 is 1.89 bits per heavy atom. The minimum Gasteiger partial charge on any atom is -0.473 e. The predicted molar refractivity (Wildman–Crippen MR) is 99.4 cm³/mol. The lowest BCUT2D eigenvalue weighted by Crippen LogP contribution is -2.41. The first-order chi connectivity index (χ1) is 13.3. The first-order valence-electron chi connectivity index (χ1n) is 9.04. The molecular weight excluding hydrogens is 342 g/mol. The van der Waals surface area contributed by atoms with Gasteiger partial charge in [0, 0.05) is 62.8 Å². The molecule has 1 fully saturated rings. The van der Waals surface area contributed by atoms with Gasteiger partial charge in [-0.05, 0) is 17.7 Å². The van der Waals surface area contributed by atoms with Gasteiger partial charge in [-0.2, -0.15) is 0 Å². The molecular formula is C20H21N5O2. The van der Waals surface area contributed by atoms with Crippen molar-refractivity contribution in [2.24, 2.45) is 0 Å². The maximum Gasteiger partial charge on any atom is 0.253 e. The van der Waals surface area contributed by atoms with Gasteiger partial charge in [-0.1, -0.05) is 12.1 Å². The molecule has 27 heavy (non-hydrogen) atoms. The zero-order valence-corrected chi connectivity index (χ0v) is 14.9. The average Bonchev–Trinajstić information content (AvgIpc) is 3.22. The van der Waals surface area contributed by atoms with Gasteiger partial charge >= 0.3 is 0 Å². The van der Waals surface area contributed by atoms with Crippen LogP contribution in [0.25, 0.3) is 0 Å². The van der Waals surface area contributed by atoms with Gasteiger partial charge in [-0.25, -0.2) is 9.97 Å². The summed E-state index contributed by atoms with van der Waals surface area (Å²) in [5.74, 6) is 0.609. The van der Waals surface area contributed by atoms with E-state index in [0.717, 1.165) is 30.5 Å². The Morgan fingerprint density at radius 3 is 2.56 bits per heavy atom. The molecule has 0 atom stereocenters. The number of hydrogen-bond donors (Lipinski definition) is 0. The number of amides is 1. The van der Waals surface area contributed by atoms with Crippen LogP contribution in [0.15, 0.2) is 61.6 Å². The van der Waals surface area contributed by atoms with Crippen LogP contribution in [0.1, 0.15) is 28.8 Å². The quantitative estimate of drug-likeness (QED) is 0.696. The average molecular weight is 363 g/mol. The molecule has 0 aliphatic carbocycles. The molecule has 0 radical (unpaired) electrons. The summed E-state index contributed by atoms with van der Waals surface area (Å²) in [6, 6.07) is 7.79. The van der Waals surface area contributed by atoms with Gasteiger partial charge in [-0.15, -0.1) is 0 Å². The highest BCUT2D eigenvalue weighted by atomic mass is 16.5. The Kier molecular flexibility index (Phi) is 5.09. The highest BCUT2D eigenvalue weighted by molar-refractivity contribution is 5.94. The number of ether oxygens (including phenoxy) is 1. The van der Waals surface area contributed by atoms with Crippen LogP contribution >= 0.6 is 0 Å². The van der Waals surface area contributed by atoms with Crippen LogP contribution in [0, 0.1) is 0 Å². The predicted octanol–water partition coefficient (Wildman–Crippen LogP) is 2.41. The zero-order chi connectivity index (χ0) is 18.5. The molecule has 0 spiro atoms. The summed E-state index contributed by atoms with van der Waals surface area (Å²) in [6.07, 6.45) is 12.0. The van der Waals surface area contributed by atoms with Crippen molar-refractivity contribution in [2.45, 2.75) is 25.5 Å². The van der Waals surface area contributed by atoms with Crippen molar-refractivity contribution in [3.05, 3.63) is 72.7 Å². The molecule has 0 unspecified atom stereocenters. The maximum atomic E-state index is 12.7. The van der Waals surface area contributed by atoms with E-state index in [1.165, 1.54) is 0 Å². The van der Waals surface area contributed by atoms with E-state index in [9.17, 15) is 4.79 Å². The van der Waals surface area contributed by atoms with Gasteiger partial charge in [0.25, 0.3) is 5.91 Å². The van der Waals surface area contributed by atoms with Crippen LogP contribution in [-0.4, -0.2) is 49.5 Å². The van der Waals surface area contributed by atoms with E-state index in [1.807, 2.05) is 39.9 Å². The summed E-state index contributed by atoms with van der Waals surface area (Å²) in [7, 11) is 0. The molecule has 7 heteroatoms. The van der Waals surface area contributed by atoms with Crippen molar-refractivity contribution >= 4 is 5.91 Å². The van der Waals surface area contributed by atoms with E-state index >= 15 is 0 Å². The highest BCUT2D eigenvalue weighted by Gasteiger charge is 2.25. The topological polar surface area (TPSA) is 73.1 Å². The monoisotopic (exact) mass is 363 g/mol. The van der Waals surface area contributed by atoms with E-state index in [2.05, 4.69) is 15.0 Å². The van der Waals surface area contributed by atoms with Crippen LogP contribution in [-0.2, 0) is 6.54 Å². The Bertz CT molecular complexity index is 857. The van der Waals surface area contributed by atoms with Crippen molar-refractivity contribution in [1.82, 2.24) is 24.4 Å². The molecule has 3 heterocycles. The first kappa shape index (κ1) is 17.2. The summed E-state index contributed by atoms with van der Waals surface area (Å²) in [6.45, 7) is 2.11. The Morgan fingerprint density at radius 1 is 1.07 bits per heavy atom. The smallest absolute Gasteiger partial charge is 0.253 e. The van der Waals surface area contributed by atoms with Crippen LogP contribution < -0.4 is 4.74 Å². The van der Waals surface area contributed by atoms with Crippen molar-refractivity contribution in [1.29, 1.82) is 0 Å². The van der Waals surface area contributed by atoms with Gasteiger partial charge in [0.15, 0.2) is 0 Å². The zero-order valence-electron chi connectivity index (χ0n) is 14.9. The standard InChI is InChI=1S/C20H21N5O2/c26-20(17-3-1-16(2-4-17)14-24-12-9-22-15-24)25-10-5-18(6-11-25)27-19-13-21-7-8-23-19/h1-4,7-9,12-13,15,18H,5-6,10-11,14H2. The van der Waals surface area contributed by atoms with E-state index < -0.39 is 0 Å². The summed E-state index contributed by atoms with van der Waals surface area (Å²) in [5.41, 5.74) is 1.86. The van der Waals surface area contributed by atoms with Crippen molar-refractivity contribution in [3.63, 3.8) is 0 Å². The van der Waals surface area contributed by atoms with Gasteiger partial charge in [0.2, 0.25) is 5.88 Å². The van der Waals surface area contributed by atoms with Gasteiger partial charge in [-0.3, -0.25) is 9.78 Å². The van der Waals surface area contributed by atoms with Crippen LogP contribution in [0.4, 0.5) is 0 Å². The maximum absolute atomic E-state index is 12.7. The normalized spacial score (nSPS) is 14.9.